The molecule has 0 aliphatic carbocycles. The summed E-state index contributed by atoms with van der Waals surface area (Å²) in [6.07, 6.45) is 6.31. The fourth-order valence-corrected chi connectivity index (χ4v) is 1.85. The summed E-state index contributed by atoms with van der Waals surface area (Å²) in [5.74, 6) is -0.103. The summed E-state index contributed by atoms with van der Waals surface area (Å²) in [6.45, 7) is 3.25. The van der Waals surface area contributed by atoms with Crippen LogP contribution >= 0.6 is 0 Å². The van der Waals surface area contributed by atoms with Crippen LogP contribution in [-0.4, -0.2) is 42.7 Å². The highest BCUT2D eigenvalue weighted by Crippen LogP contribution is 2.18. The van der Waals surface area contributed by atoms with E-state index >= 15 is 0 Å². The Morgan fingerprint density at radius 2 is 2.20 bits per heavy atom. The minimum Gasteiger partial charge on any atom is -0.478 e. The van der Waals surface area contributed by atoms with E-state index in [4.69, 9.17) is 5.11 Å². The van der Waals surface area contributed by atoms with Crippen LogP contribution in [0.1, 0.15) is 19.3 Å². The van der Waals surface area contributed by atoms with E-state index in [1.54, 1.807) is 0 Å². The molecule has 1 heterocycles. The first-order chi connectivity index (χ1) is 7.18. The van der Waals surface area contributed by atoms with E-state index in [2.05, 4.69) is 17.3 Å². The molecule has 15 heavy (non-hydrogen) atoms. The Morgan fingerprint density at radius 1 is 1.53 bits per heavy atom. The van der Waals surface area contributed by atoms with E-state index in [1.807, 2.05) is 0 Å². The smallest absolute Gasteiger partial charge is 0.329 e. The van der Waals surface area contributed by atoms with E-state index in [-0.39, 0.29) is 0 Å². The number of carboxylic acid groups (broad SMARTS) is 1. The lowest BCUT2D eigenvalue weighted by atomic mass is 9.94. The standard InChI is InChI=1S/C11H20N2O2/c1-13-8-4-10(5-9-13)2-6-12-7-3-11(14)15/h3,7,10,12H,2,4-6,8-9H2,1H3,(H,14,15)/b7-3+. The van der Waals surface area contributed by atoms with Crippen molar-refractivity contribution < 1.29 is 9.90 Å². The Balaban J connectivity index is 2.03. The van der Waals surface area contributed by atoms with Crippen molar-refractivity contribution in [2.75, 3.05) is 26.7 Å². The molecular formula is C11H20N2O2. The van der Waals surface area contributed by atoms with Crippen LogP contribution in [0.2, 0.25) is 0 Å². The Bertz CT molecular complexity index is 221. The number of hydrogen-bond acceptors (Lipinski definition) is 3. The van der Waals surface area contributed by atoms with E-state index in [9.17, 15) is 4.79 Å². The summed E-state index contributed by atoms with van der Waals surface area (Å²) in [5, 5.41) is 11.4. The van der Waals surface area contributed by atoms with Crippen LogP contribution in [0.3, 0.4) is 0 Å². The second kappa shape index (κ2) is 6.45. The van der Waals surface area contributed by atoms with Crippen molar-refractivity contribution in [2.24, 2.45) is 5.92 Å². The highest BCUT2D eigenvalue weighted by atomic mass is 16.4. The fourth-order valence-electron chi connectivity index (χ4n) is 1.85. The fraction of sp³-hybridized carbons (Fsp3) is 0.727. The zero-order valence-corrected chi connectivity index (χ0v) is 9.28. The summed E-state index contributed by atoms with van der Waals surface area (Å²) in [5.41, 5.74) is 0. The number of carboxylic acids is 1. The van der Waals surface area contributed by atoms with Gasteiger partial charge in [-0.15, -0.1) is 0 Å². The minimum absolute atomic E-state index is 0.798. The molecule has 4 heteroatoms. The van der Waals surface area contributed by atoms with E-state index in [0.717, 1.165) is 25.0 Å². The lowest BCUT2D eigenvalue weighted by molar-refractivity contribution is -0.131. The molecule has 86 valence electrons. The van der Waals surface area contributed by atoms with Crippen LogP contribution in [0.4, 0.5) is 0 Å². The zero-order valence-electron chi connectivity index (χ0n) is 9.28. The number of likely N-dealkylation sites (tertiary alicyclic amines) is 1. The lowest BCUT2D eigenvalue weighted by Crippen LogP contribution is -2.31. The molecule has 0 spiro atoms. The van der Waals surface area contributed by atoms with Crippen LogP contribution in [0.15, 0.2) is 12.3 Å². The number of rotatable bonds is 5. The first-order valence-electron chi connectivity index (χ1n) is 5.50. The number of piperidine rings is 1. The molecule has 0 aromatic rings. The van der Waals surface area contributed by atoms with Crippen LogP contribution in [0, 0.1) is 5.92 Å². The Kier molecular flexibility index (Phi) is 5.18. The minimum atomic E-state index is -0.901. The van der Waals surface area contributed by atoms with Gasteiger partial charge >= 0.3 is 5.97 Å². The second-order valence-corrected chi connectivity index (χ2v) is 4.16. The third-order valence-electron chi connectivity index (χ3n) is 2.88. The molecule has 1 fully saturated rings. The largest absolute Gasteiger partial charge is 0.478 e. The maximum absolute atomic E-state index is 10.2. The molecule has 1 aliphatic rings. The summed E-state index contributed by atoms with van der Waals surface area (Å²) in [4.78, 5) is 12.5. The maximum Gasteiger partial charge on any atom is 0.329 e. The molecule has 0 unspecified atom stereocenters. The number of nitrogens with zero attached hydrogens (tertiary/aromatic N) is 1. The molecule has 1 rings (SSSR count). The molecule has 1 saturated heterocycles. The number of hydrogen-bond donors (Lipinski definition) is 2. The van der Waals surface area contributed by atoms with Crippen LogP contribution in [-0.2, 0) is 4.79 Å². The topological polar surface area (TPSA) is 52.6 Å². The van der Waals surface area contributed by atoms with Crippen molar-refractivity contribution >= 4 is 5.97 Å². The molecule has 0 aromatic carbocycles. The van der Waals surface area contributed by atoms with Gasteiger partial charge in [-0.2, -0.15) is 0 Å². The van der Waals surface area contributed by atoms with Crippen LogP contribution < -0.4 is 5.32 Å². The highest BCUT2D eigenvalue weighted by molar-refractivity contribution is 5.79. The van der Waals surface area contributed by atoms with Gasteiger partial charge in [0.25, 0.3) is 0 Å². The monoisotopic (exact) mass is 212 g/mol. The summed E-state index contributed by atoms with van der Waals surface area (Å²) in [7, 11) is 2.16. The summed E-state index contributed by atoms with van der Waals surface area (Å²) < 4.78 is 0. The average Bonchev–Trinajstić information content (AvgIpc) is 2.20. The van der Waals surface area contributed by atoms with E-state index in [0.29, 0.717) is 0 Å². The zero-order chi connectivity index (χ0) is 11.1. The first-order valence-corrected chi connectivity index (χ1v) is 5.50. The molecular weight excluding hydrogens is 192 g/mol. The predicted octanol–water partition coefficient (Wildman–Crippen LogP) is 0.906. The number of aliphatic carboxylic acids is 1. The quantitative estimate of drug-likeness (QED) is 0.525. The van der Waals surface area contributed by atoms with Gasteiger partial charge in [-0.1, -0.05) is 0 Å². The highest BCUT2D eigenvalue weighted by Gasteiger charge is 2.15. The van der Waals surface area contributed by atoms with Gasteiger partial charge in [-0.25, -0.2) is 4.79 Å². The van der Waals surface area contributed by atoms with Gasteiger partial charge in [0.1, 0.15) is 0 Å². The molecule has 0 radical (unpaired) electrons. The van der Waals surface area contributed by atoms with Gasteiger partial charge < -0.3 is 15.3 Å². The normalized spacial score (nSPS) is 19.5. The Morgan fingerprint density at radius 3 is 2.80 bits per heavy atom. The van der Waals surface area contributed by atoms with Crippen molar-refractivity contribution in [3.8, 4) is 0 Å². The van der Waals surface area contributed by atoms with Crippen LogP contribution in [0.25, 0.3) is 0 Å². The molecule has 0 atom stereocenters. The van der Waals surface area contributed by atoms with Gasteiger partial charge in [0.15, 0.2) is 0 Å². The number of carbonyl (C=O) groups is 1. The third kappa shape index (κ3) is 5.42. The van der Waals surface area contributed by atoms with Gasteiger partial charge in [-0.3, -0.25) is 0 Å². The molecule has 0 amide bonds. The van der Waals surface area contributed by atoms with E-state index in [1.165, 1.54) is 32.1 Å². The Hall–Kier alpha value is -1.03. The molecule has 2 N–H and O–H groups in total. The maximum atomic E-state index is 10.2. The second-order valence-electron chi connectivity index (χ2n) is 4.16. The average molecular weight is 212 g/mol. The lowest BCUT2D eigenvalue weighted by Gasteiger charge is -2.28. The van der Waals surface area contributed by atoms with Gasteiger partial charge in [0, 0.05) is 18.8 Å². The molecule has 0 saturated carbocycles. The SMILES string of the molecule is CN1CCC(CCN/C=C/C(=O)O)CC1. The van der Waals surface area contributed by atoms with Gasteiger partial charge in [0.05, 0.1) is 0 Å². The first kappa shape index (κ1) is 12.0. The van der Waals surface area contributed by atoms with Crippen molar-refractivity contribution in [3.63, 3.8) is 0 Å². The Labute approximate surface area is 91.0 Å². The summed E-state index contributed by atoms with van der Waals surface area (Å²) in [6, 6.07) is 0. The van der Waals surface area contributed by atoms with Crippen molar-refractivity contribution in [2.45, 2.75) is 19.3 Å². The molecule has 1 aliphatic heterocycles. The van der Waals surface area contributed by atoms with Crippen LogP contribution in [0.5, 0.6) is 0 Å². The van der Waals surface area contributed by atoms with Gasteiger partial charge in [-0.05, 0) is 45.3 Å². The van der Waals surface area contributed by atoms with Crippen molar-refractivity contribution in [3.05, 3.63) is 12.3 Å². The third-order valence-corrected chi connectivity index (χ3v) is 2.88. The number of nitrogens with one attached hydrogen (secondary N) is 1. The molecule has 0 aromatic heterocycles. The molecule has 4 nitrogen and oxygen atoms in total. The van der Waals surface area contributed by atoms with E-state index < -0.39 is 5.97 Å². The van der Waals surface area contributed by atoms with Crippen molar-refractivity contribution in [1.29, 1.82) is 0 Å². The van der Waals surface area contributed by atoms with Gasteiger partial charge in [0.2, 0.25) is 0 Å². The summed E-state index contributed by atoms with van der Waals surface area (Å²) >= 11 is 0. The predicted molar refractivity (Wildman–Crippen MR) is 59.6 cm³/mol. The molecule has 0 bridgehead atoms. The van der Waals surface area contributed by atoms with Crippen molar-refractivity contribution in [1.82, 2.24) is 10.2 Å².